The number of imidazole rings is 1. The van der Waals surface area contributed by atoms with Crippen molar-refractivity contribution in [3.63, 3.8) is 0 Å². The third kappa shape index (κ3) is 6.98. The number of alkyl halides is 1. The number of fused-ring (bicyclic) bond motifs is 1. The lowest BCUT2D eigenvalue weighted by Gasteiger charge is -2.25. The van der Waals surface area contributed by atoms with E-state index in [0.717, 1.165) is 6.92 Å². The average molecular weight is 610 g/mol. The molecular weight excluding hydrogens is 572 g/mol. The molecule has 1 aromatic carbocycles. The van der Waals surface area contributed by atoms with Crippen molar-refractivity contribution < 1.29 is 37.4 Å². The molecule has 16 heteroatoms. The molecule has 0 bridgehead atoms. The summed E-state index contributed by atoms with van der Waals surface area (Å²) in [5.41, 5.74) is 4.06. The van der Waals surface area contributed by atoms with Crippen molar-refractivity contribution in [3.05, 3.63) is 36.7 Å². The molecule has 42 heavy (non-hydrogen) atoms. The van der Waals surface area contributed by atoms with Gasteiger partial charge in [-0.3, -0.25) is 13.9 Å². The molecule has 1 saturated heterocycles. The number of hydrogen-bond donors (Lipinski definition) is 4. The van der Waals surface area contributed by atoms with Crippen molar-refractivity contribution in [2.24, 2.45) is 0 Å². The van der Waals surface area contributed by atoms with Crippen molar-refractivity contribution in [2.45, 2.75) is 83.8 Å². The molecule has 1 fully saturated rings. The third-order valence-electron chi connectivity index (χ3n) is 6.27. The van der Waals surface area contributed by atoms with Crippen LogP contribution in [0.15, 0.2) is 36.7 Å². The van der Waals surface area contributed by atoms with E-state index in [1.807, 2.05) is 13.8 Å². The molecule has 5 N–H and O–H groups in total. The number of rotatable bonds is 12. The van der Waals surface area contributed by atoms with Gasteiger partial charge in [-0.25, -0.2) is 13.9 Å². The van der Waals surface area contributed by atoms with Crippen LogP contribution in [0, 0.1) is 0 Å². The van der Waals surface area contributed by atoms with Gasteiger partial charge in [-0.15, -0.1) is 0 Å². The number of esters is 1. The maximum atomic E-state index is 16.1. The van der Waals surface area contributed by atoms with E-state index in [-0.39, 0.29) is 23.4 Å². The zero-order valence-electron chi connectivity index (χ0n) is 24.2. The summed E-state index contributed by atoms with van der Waals surface area (Å²) in [6.07, 6.45) is -3.52. The molecule has 230 valence electrons. The quantitative estimate of drug-likeness (QED) is 0.173. The minimum Gasteiger partial charge on any atom is -0.462 e. The van der Waals surface area contributed by atoms with Crippen LogP contribution in [0.2, 0.25) is 0 Å². The average Bonchev–Trinajstić information content (AvgIpc) is 3.40. The molecular formula is C26H37FN7O7P. The molecule has 0 unspecified atom stereocenters. The van der Waals surface area contributed by atoms with Gasteiger partial charge in [0.25, 0.3) is 0 Å². The highest BCUT2D eigenvalue weighted by Crippen LogP contribution is 2.48. The Labute approximate surface area is 242 Å². The van der Waals surface area contributed by atoms with E-state index in [1.54, 1.807) is 44.2 Å². The van der Waals surface area contributed by atoms with Crippen LogP contribution in [-0.4, -0.2) is 73.3 Å². The van der Waals surface area contributed by atoms with Crippen molar-refractivity contribution in [2.75, 3.05) is 17.7 Å². The Hall–Kier alpha value is -3.36. The number of halogens is 1. The summed E-state index contributed by atoms with van der Waals surface area (Å²) in [5.74, 6) is -0.201. The number of aliphatic hydroxyl groups is 1. The highest BCUT2D eigenvalue weighted by molar-refractivity contribution is 7.52. The zero-order chi connectivity index (χ0) is 30.8. The minimum atomic E-state index is -4.29. The van der Waals surface area contributed by atoms with Gasteiger partial charge in [0.15, 0.2) is 28.9 Å². The Bertz CT molecular complexity index is 1440. The molecule has 14 nitrogen and oxygen atoms in total. The Morgan fingerprint density at radius 3 is 2.57 bits per heavy atom. The summed E-state index contributed by atoms with van der Waals surface area (Å²) in [4.78, 5) is 25.1. The summed E-state index contributed by atoms with van der Waals surface area (Å²) < 4.78 is 53.5. The number of aromatic nitrogens is 4. The van der Waals surface area contributed by atoms with E-state index in [4.69, 9.17) is 24.3 Å². The monoisotopic (exact) mass is 609 g/mol. The fourth-order valence-electron chi connectivity index (χ4n) is 4.34. The first-order valence-electron chi connectivity index (χ1n) is 13.5. The first-order chi connectivity index (χ1) is 19.7. The van der Waals surface area contributed by atoms with Gasteiger partial charge in [0.1, 0.15) is 24.0 Å². The van der Waals surface area contributed by atoms with Crippen molar-refractivity contribution >= 4 is 36.6 Å². The number of benzene rings is 1. The Balaban J connectivity index is 1.57. The Kier molecular flexibility index (Phi) is 9.38. The Morgan fingerprint density at radius 2 is 1.93 bits per heavy atom. The van der Waals surface area contributed by atoms with Gasteiger partial charge in [-0.1, -0.05) is 18.2 Å². The van der Waals surface area contributed by atoms with Gasteiger partial charge in [0.2, 0.25) is 5.95 Å². The van der Waals surface area contributed by atoms with Crippen LogP contribution in [0.1, 0.15) is 47.8 Å². The maximum absolute atomic E-state index is 16.1. The van der Waals surface area contributed by atoms with Crippen LogP contribution < -0.4 is 20.7 Å². The molecule has 0 amide bonds. The summed E-state index contributed by atoms with van der Waals surface area (Å²) in [5, 5.41) is 16.6. The van der Waals surface area contributed by atoms with Crippen LogP contribution in [0.3, 0.4) is 0 Å². The van der Waals surface area contributed by atoms with Gasteiger partial charge in [0.05, 0.1) is 19.0 Å². The van der Waals surface area contributed by atoms with Gasteiger partial charge >= 0.3 is 13.7 Å². The summed E-state index contributed by atoms with van der Waals surface area (Å²) in [6, 6.07) is 7.06. The fraction of sp³-hybridized carbons (Fsp3) is 0.538. The maximum Gasteiger partial charge on any atom is 0.459 e. The number of carbonyl (C=O) groups excluding carboxylic acids is 1. The number of nitrogen functional groups attached to an aromatic ring is 1. The van der Waals surface area contributed by atoms with E-state index in [9.17, 15) is 14.5 Å². The largest absolute Gasteiger partial charge is 0.462 e. The molecule has 1 aliphatic heterocycles. The zero-order valence-corrected chi connectivity index (χ0v) is 25.1. The molecule has 3 aromatic rings. The molecule has 3 heterocycles. The van der Waals surface area contributed by atoms with Gasteiger partial charge in [-0.05, 0) is 53.7 Å². The van der Waals surface area contributed by atoms with Crippen LogP contribution in [0.25, 0.3) is 11.2 Å². The standard InChI is InChI=1S/C26H37FN7O7P/c1-14(2)30-21-19-22(32-25(28)31-21)34(13-29-19)24-26(6,27)20(35)18(40-24)12-38-42(37,41-17-10-8-7-9-11-17)33-16(5)23(36)39-15(3)4/h7-11,13-16,18,20,24,35H,12H2,1-6H3,(H,33,37)(H3,28,30,31,32)/t16-,18+,20+,24+,26+,42+/m0/s1. The highest BCUT2D eigenvalue weighted by atomic mass is 31.2. The number of carbonyl (C=O) groups is 1. The third-order valence-corrected chi connectivity index (χ3v) is 7.91. The van der Waals surface area contributed by atoms with E-state index in [1.165, 1.54) is 17.8 Å². The van der Waals surface area contributed by atoms with Crippen LogP contribution in [-0.2, 0) is 23.4 Å². The smallest absolute Gasteiger partial charge is 0.459 e. The second kappa shape index (κ2) is 12.5. The van der Waals surface area contributed by atoms with Crippen LogP contribution >= 0.6 is 7.75 Å². The molecule has 0 aliphatic carbocycles. The number of nitrogens with two attached hydrogens (primary N) is 1. The second-order valence-corrected chi connectivity index (χ2v) is 12.4. The molecule has 1 aliphatic rings. The summed E-state index contributed by atoms with van der Waals surface area (Å²) in [7, 11) is -4.29. The lowest BCUT2D eigenvalue weighted by atomic mass is 9.98. The second-order valence-electron chi connectivity index (χ2n) is 10.7. The first kappa shape index (κ1) is 31.6. The van der Waals surface area contributed by atoms with E-state index < -0.39 is 56.6 Å². The fourth-order valence-corrected chi connectivity index (χ4v) is 5.84. The van der Waals surface area contributed by atoms with E-state index in [0.29, 0.717) is 11.3 Å². The van der Waals surface area contributed by atoms with Crippen molar-refractivity contribution in [1.29, 1.82) is 0 Å². The molecule has 0 radical (unpaired) electrons. The topological polar surface area (TPSA) is 185 Å². The van der Waals surface area contributed by atoms with Gasteiger partial charge < -0.3 is 30.2 Å². The SMILES string of the molecule is CC(C)Nc1nc(N)nc2c1ncn2[C@@H]1O[C@H](CO[P@](=O)(N[C@@H](C)C(=O)OC(C)C)Oc2ccccc2)[C@@H](O)[C@@]1(C)F. The van der Waals surface area contributed by atoms with Crippen molar-refractivity contribution in [1.82, 2.24) is 24.6 Å². The van der Waals surface area contributed by atoms with Crippen molar-refractivity contribution in [3.8, 4) is 5.75 Å². The number of nitrogens with one attached hydrogen (secondary N) is 2. The molecule has 0 saturated carbocycles. The molecule has 2 aromatic heterocycles. The predicted molar refractivity (Wildman–Crippen MR) is 152 cm³/mol. The lowest BCUT2D eigenvalue weighted by molar-refractivity contribution is -0.149. The highest BCUT2D eigenvalue weighted by Gasteiger charge is 2.56. The number of aliphatic hydroxyl groups excluding tert-OH is 1. The normalized spacial score (nSPS) is 24.6. The number of para-hydroxylation sites is 1. The van der Waals surface area contributed by atoms with Gasteiger partial charge in [-0.2, -0.15) is 15.1 Å². The van der Waals surface area contributed by atoms with E-state index in [2.05, 4.69) is 25.4 Å². The molecule has 4 rings (SSSR count). The number of nitrogens with zero attached hydrogens (tertiary/aromatic N) is 4. The predicted octanol–water partition coefficient (Wildman–Crippen LogP) is 3.35. The summed E-state index contributed by atoms with van der Waals surface area (Å²) >= 11 is 0. The lowest BCUT2D eigenvalue weighted by Crippen LogP contribution is -2.41. The number of anilines is 2. The van der Waals surface area contributed by atoms with Crippen LogP contribution in [0.4, 0.5) is 16.2 Å². The Morgan fingerprint density at radius 1 is 1.24 bits per heavy atom. The van der Waals surface area contributed by atoms with Crippen LogP contribution in [0.5, 0.6) is 5.75 Å². The number of ether oxygens (including phenoxy) is 2. The molecule has 0 spiro atoms. The summed E-state index contributed by atoms with van der Waals surface area (Å²) in [6.45, 7) is 9.20. The first-order valence-corrected chi connectivity index (χ1v) is 15.0. The molecule has 6 atom stereocenters. The minimum absolute atomic E-state index is 0.00234. The number of hydrogen-bond acceptors (Lipinski definition) is 12. The van der Waals surface area contributed by atoms with E-state index >= 15 is 4.39 Å². The van der Waals surface area contributed by atoms with Gasteiger partial charge in [0, 0.05) is 6.04 Å².